The highest BCUT2D eigenvalue weighted by Crippen LogP contribution is 2.21. The van der Waals surface area contributed by atoms with Crippen molar-refractivity contribution in [2.45, 2.75) is 13.0 Å². The molecule has 0 saturated carbocycles. The van der Waals surface area contributed by atoms with Crippen molar-refractivity contribution >= 4 is 27.0 Å². The second-order valence-corrected chi connectivity index (χ2v) is 4.31. The Morgan fingerprint density at radius 3 is 3.06 bits per heavy atom. The number of hydrogen-bond acceptors (Lipinski definition) is 2. The number of halogens is 1. The molecule has 0 aliphatic carbocycles. The molecule has 0 bridgehead atoms. The molecular formula is C12H10BrN3. The SMILES string of the molecule is C=CCn1c(CC#N)nc2cc(Br)ccc21. The highest BCUT2D eigenvalue weighted by molar-refractivity contribution is 9.10. The Labute approximate surface area is 102 Å². The molecule has 2 rings (SSSR count). The topological polar surface area (TPSA) is 41.6 Å². The molecule has 16 heavy (non-hydrogen) atoms. The molecule has 3 nitrogen and oxygen atoms in total. The third-order valence-electron chi connectivity index (χ3n) is 2.34. The molecule has 0 spiro atoms. The maximum absolute atomic E-state index is 8.75. The number of imidazole rings is 1. The maximum atomic E-state index is 8.75. The van der Waals surface area contributed by atoms with Gasteiger partial charge in [-0.1, -0.05) is 22.0 Å². The first-order chi connectivity index (χ1) is 7.76. The van der Waals surface area contributed by atoms with Crippen LogP contribution in [0.1, 0.15) is 5.82 Å². The van der Waals surface area contributed by atoms with Crippen LogP contribution in [0.15, 0.2) is 35.3 Å². The van der Waals surface area contributed by atoms with Gasteiger partial charge in [0.25, 0.3) is 0 Å². The summed E-state index contributed by atoms with van der Waals surface area (Å²) in [6.07, 6.45) is 2.13. The summed E-state index contributed by atoms with van der Waals surface area (Å²) >= 11 is 3.41. The lowest BCUT2D eigenvalue weighted by atomic mass is 10.3. The normalized spacial score (nSPS) is 10.2. The van der Waals surface area contributed by atoms with Crippen molar-refractivity contribution in [2.24, 2.45) is 0 Å². The quantitative estimate of drug-likeness (QED) is 0.808. The first kappa shape index (κ1) is 10.9. The third kappa shape index (κ3) is 1.86. The summed E-state index contributed by atoms with van der Waals surface area (Å²) in [6, 6.07) is 8.05. The van der Waals surface area contributed by atoms with E-state index in [2.05, 4.69) is 33.6 Å². The molecule has 0 atom stereocenters. The Morgan fingerprint density at radius 2 is 2.38 bits per heavy atom. The largest absolute Gasteiger partial charge is 0.323 e. The number of nitrogens with zero attached hydrogens (tertiary/aromatic N) is 3. The summed E-state index contributed by atoms with van der Waals surface area (Å²) in [5, 5.41) is 8.75. The van der Waals surface area contributed by atoms with Gasteiger partial charge in [0.05, 0.1) is 23.5 Å². The number of aromatic nitrogens is 2. The summed E-state index contributed by atoms with van der Waals surface area (Å²) < 4.78 is 3.00. The van der Waals surface area contributed by atoms with Crippen LogP contribution in [-0.4, -0.2) is 9.55 Å². The van der Waals surface area contributed by atoms with Crippen molar-refractivity contribution in [3.8, 4) is 6.07 Å². The van der Waals surface area contributed by atoms with Gasteiger partial charge in [0.2, 0.25) is 0 Å². The molecule has 2 aromatic rings. The molecule has 80 valence electrons. The molecule has 0 fully saturated rings. The lowest BCUT2D eigenvalue weighted by Crippen LogP contribution is -2.01. The minimum atomic E-state index is 0.320. The minimum absolute atomic E-state index is 0.320. The van der Waals surface area contributed by atoms with Crippen LogP contribution < -0.4 is 0 Å². The third-order valence-corrected chi connectivity index (χ3v) is 2.83. The lowest BCUT2D eigenvalue weighted by molar-refractivity contribution is 0.789. The van der Waals surface area contributed by atoms with E-state index < -0.39 is 0 Å². The summed E-state index contributed by atoms with van der Waals surface area (Å²) in [5.41, 5.74) is 1.94. The summed E-state index contributed by atoms with van der Waals surface area (Å²) in [6.45, 7) is 4.40. The Kier molecular flexibility index (Phi) is 3.07. The molecule has 0 amide bonds. The number of fused-ring (bicyclic) bond motifs is 1. The fourth-order valence-electron chi connectivity index (χ4n) is 1.69. The predicted octanol–water partition coefficient (Wildman–Crippen LogP) is 3.05. The smallest absolute Gasteiger partial charge is 0.124 e. The highest BCUT2D eigenvalue weighted by atomic mass is 79.9. The fourth-order valence-corrected chi connectivity index (χ4v) is 2.04. The number of allylic oxidation sites excluding steroid dienone is 1. The van der Waals surface area contributed by atoms with Crippen LogP contribution in [0, 0.1) is 11.3 Å². The van der Waals surface area contributed by atoms with E-state index in [0.717, 1.165) is 21.3 Å². The molecule has 0 aliphatic rings. The monoisotopic (exact) mass is 275 g/mol. The van der Waals surface area contributed by atoms with Gasteiger partial charge in [0.15, 0.2) is 0 Å². The molecular weight excluding hydrogens is 266 g/mol. The van der Waals surface area contributed by atoms with Crippen molar-refractivity contribution in [3.05, 3.63) is 41.2 Å². The summed E-state index contributed by atoms with van der Waals surface area (Å²) in [5.74, 6) is 0.788. The molecule has 0 aliphatic heterocycles. The second kappa shape index (κ2) is 4.50. The first-order valence-electron chi connectivity index (χ1n) is 4.88. The molecule has 4 heteroatoms. The highest BCUT2D eigenvalue weighted by Gasteiger charge is 2.09. The molecule has 0 saturated heterocycles. The van der Waals surface area contributed by atoms with Crippen LogP contribution in [0.4, 0.5) is 0 Å². The molecule has 1 heterocycles. The van der Waals surface area contributed by atoms with Gasteiger partial charge in [-0.3, -0.25) is 0 Å². The minimum Gasteiger partial charge on any atom is -0.323 e. The maximum Gasteiger partial charge on any atom is 0.124 e. The van der Waals surface area contributed by atoms with Crippen molar-refractivity contribution in [1.82, 2.24) is 9.55 Å². The zero-order chi connectivity index (χ0) is 11.5. The van der Waals surface area contributed by atoms with E-state index in [1.807, 2.05) is 28.8 Å². The van der Waals surface area contributed by atoms with Crippen LogP contribution in [0.5, 0.6) is 0 Å². The van der Waals surface area contributed by atoms with E-state index in [4.69, 9.17) is 5.26 Å². The van der Waals surface area contributed by atoms with E-state index in [-0.39, 0.29) is 0 Å². The molecule has 1 aromatic carbocycles. The summed E-state index contributed by atoms with van der Waals surface area (Å²) in [4.78, 5) is 4.44. The second-order valence-electron chi connectivity index (χ2n) is 3.40. The van der Waals surface area contributed by atoms with E-state index in [1.54, 1.807) is 0 Å². The number of nitriles is 1. The van der Waals surface area contributed by atoms with Crippen molar-refractivity contribution < 1.29 is 0 Å². The molecule has 1 aromatic heterocycles. The Bertz CT molecular complexity index is 578. The van der Waals surface area contributed by atoms with Gasteiger partial charge in [-0.25, -0.2) is 4.98 Å². The van der Waals surface area contributed by atoms with Gasteiger partial charge in [-0.05, 0) is 18.2 Å². The predicted molar refractivity (Wildman–Crippen MR) is 66.9 cm³/mol. The molecule has 0 radical (unpaired) electrons. The average Bonchev–Trinajstić information content (AvgIpc) is 2.57. The van der Waals surface area contributed by atoms with Crippen molar-refractivity contribution in [1.29, 1.82) is 5.26 Å². The zero-order valence-electron chi connectivity index (χ0n) is 8.65. The average molecular weight is 276 g/mol. The number of benzene rings is 1. The Morgan fingerprint density at radius 1 is 1.56 bits per heavy atom. The Hall–Kier alpha value is -1.60. The van der Waals surface area contributed by atoms with Gasteiger partial charge in [0, 0.05) is 11.0 Å². The van der Waals surface area contributed by atoms with Crippen LogP contribution in [0.2, 0.25) is 0 Å². The van der Waals surface area contributed by atoms with Gasteiger partial charge >= 0.3 is 0 Å². The molecule has 0 N–H and O–H groups in total. The zero-order valence-corrected chi connectivity index (χ0v) is 10.2. The van der Waals surface area contributed by atoms with E-state index in [9.17, 15) is 0 Å². The van der Waals surface area contributed by atoms with Crippen molar-refractivity contribution in [2.75, 3.05) is 0 Å². The standard InChI is InChI=1S/C12H10BrN3/c1-2-7-16-11-4-3-9(13)8-10(11)15-12(16)5-6-14/h2-4,8H,1,5,7H2. The number of rotatable bonds is 3. The van der Waals surface area contributed by atoms with E-state index in [0.29, 0.717) is 13.0 Å². The van der Waals surface area contributed by atoms with Crippen LogP contribution >= 0.6 is 15.9 Å². The first-order valence-corrected chi connectivity index (χ1v) is 5.68. The van der Waals surface area contributed by atoms with Gasteiger partial charge < -0.3 is 4.57 Å². The Balaban J connectivity index is 2.65. The molecule has 0 unspecified atom stereocenters. The van der Waals surface area contributed by atoms with Crippen LogP contribution in [0.25, 0.3) is 11.0 Å². The van der Waals surface area contributed by atoms with Crippen LogP contribution in [0.3, 0.4) is 0 Å². The van der Waals surface area contributed by atoms with Crippen molar-refractivity contribution in [3.63, 3.8) is 0 Å². The number of hydrogen-bond donors (Lipinski definition) is 0. The fraction of sp³-hybridized carbons (Fsp3) is 0.167. The van der Waals surface area contributed by atoms with Crippen LogP contribution in [-0.2, 0) is 13.0 Å². The van der Waals surface area contributed by atoms with E-state index >= 15 is 0 Å². The lowest BCUT2D eigenvalue weighted by Gasteiger charge is -2.02. The van der Waals surface area contributed by atoms with E-state index in [1.165, 1.54) is 0 Å². The van der Waals surface area contributed by atoms with Gasteiger partial charge in [-0.15, -0.1) is 6.58 Å². The van der Waals surface area contributed by atoms with Gasteiger partial charge in [0.1, 0.15) is 5.82 Å². The van der Waals surface area contributed by atoms with Gasteiger partial charge in [-0.2, -0.15) is 5.26 Å². The summed E-state index contributed by atoms with van der Waals surface area (Å²) in [7, 11) is 0.